The second-order valence-electron chi connectivity index (χ2n) is 7.04. The number of carbonyl (C=O) groups is 2. The quantitative estimate of drug-likeness (QED) is 0.851. The molecule has 2 aliphatic heterocycles. The van der Waals surface area contributed by atoms with E-state index < -0.39 is 0 Å². The largest absolute Gasteiger partial charge is 0.394 e. The van der Waals surface area contributed by atoms with Gasteiger partial charge in [0.2, 0.25) is 11.8 Å². The number of fused-ring (bicyclic) bond motifs is 1. The van der Waals surface area contributed by atoms with Gasteiger partial charge in [-0.1, -0.05) is 34.5 Å². The minimum atomic E-state index is -0.176. The molecular formula is C18H21BrN2O3. The minimum Gasteiger partial charge on any atom is -0.394 e. The Bertz CT molecular complexity index is 659. The Morgan fingerprint density at radius 1 is 1.25 bits per heavy atom. The van der Waals surface area contributed by atoms with Gasteiger partial charge >= 0.3 is 0 Å². The van der Waals surface area contributed by atoms with E-state index in [4.69, 9.17) is 0 Å². The molecule has 3 aliphatic rings. The Hall–Kier alpha value is -1.40. The highest BCUT2D eigenvalue weighted by Crippen LogP contribution is 2.43. The third-order valence-corrected chi connectivity index (χ3v) is 6.30. The molecule has 6 heteroatoms. The van der Waals surface area contributed by atoms with Gasteiger partial charge in [0.1, 0.15) is 0 Å². The number of nitrogens with zero attached hydrogens (tertiary/aromatic N) is 2. The topological polar surface area (TPSA) is 60.9 Å². The van der Waals surface area contributed by atoms with Gasteiger partial charge in [0, 0.05) is 22.9 Å². The van der Waals surface area contributed by atoms with Crippen LogP contribution < -0.4 is 0 Å². The Balaban J connectivity index is 1.56. The number of aliphatic hydroxyl groups excluding tert-OH is 1. The summed E-state index contributed by atoms with van der Waals surface area (Å²) in [4.78, 5) is 28.6. The van der Waals surface area contributed by atoms with E-state index in [1.807, 2.05) is 24.3 Å². The molecule has 5 nitrogen and oxygen atoms in total. The molecular weight excluding hydrogens is 372 g/mol. The van der Waals surface area contributed by atoms with Crippen molar-refractivity contribution in [1.82, 2.24) is 9.80 Å². The number of hydrogen-bond donors (Lipinski definition) is 1. The lowest BCUT2D eigenvalue weighted by molar-refractivity contribution is -0.169. The second-order valence-corrected chi connectivity index (χ2v) is 7.96. The lowest BCUT2D eigenvalue weighted by atomic mass is 9.73. The summed E-state index contributed by atoms with van der Waals surface area (Å²) in [6.45, 7) is 0.702. The van der Waals surface area contributed by atoms with Crippen molar-refractivity contribution in [2.24, 2.45) is 5.92 Å². The van der Waals surface area contributed by atoms with Gasteiger partial charge in [-0.15, -0.1) is 0 Å². The summed E-state index contributed by atoms with van der Waals surface area (Å²) in [5.74, 6) is 0.302. The van der Waals surface area contributed by atoms with Gasteiger partial charge in [0.25, 0.3) is 0 Å². The standard InChI is InChI=1S/C18H21BrN2O3/c19-13-6-4-11(5-7-13)17-14-8-20(18(24)12-2-1-3-12)9-16(23)21(14)15(17)10-22/h4-7,12,14-15,17,22H,1-3,8-10H2/t14-,15-,17-/m1/s1. The summed E-state index contributed by atoms with van der Waals surface area (Å²) in [5.41, 5.74) is 1.12. The van der Waals surface area contributed by atoms with E-state index in [9.17, 15) is 14.7 Å². The molecule has 0 aromatic heterocycles. The van der Waals surface area contributed by atoms with Gasteiger partial charge in [-0.2, -0.15) is 0 Å². The maximum absolute atomic E-state index is 12.5. The number of carbonyl (C=O) groups excluding carboxylic acids is 2. The highest BCUT2D eigenvalue weighted by molar-refractivity contribution is 9.10. The van der Waals surface area contributed by atoms with Crippen LogP contribution in [-0.4, -0.2) is 58.5 Å². The maximum atomic E-state index is 12.5. The number of benzene rings is 1. The van der Waals surface area contributed by atoms with E-state index in [0.717, 1.165) is 29.3 Å². The van der Waals surface area contributed by atoms with Gasteiger partial charge in [0.15, 0.2) is 0 Å². The predicted molar refractivity (Wildman–Crippen MR) is 92.3 cm³/mol. The Morgan fingerprint density at radius 3 is 2.54 bits per heavy atom. The first kappa shape index (κ1) is 16.1. The molecule has 24 heavy (non-hydrogen) atoms. The number of hydrogen-bond acceptors (Lipinski definition) is 3. The van der Waals surface area contributed by atoms with Gasteiger partial charge in [-0.3, -0.25) is 9.59 Å². The Morgan fingerprint density at radius 2 is 1.96 bits per heavy atom. The molecule has 0 spiro atoms. The van der Waals surface area contributed by atoms with Crippen molar-refractivity contribution in [3.05, 3.63) is 34.3 Å². The summed E-state index contributed by atoms with van der Waals surface area (Å²) in [6.07, 6.45) is 3.02. The van der Waals surface area contributed by atoms with Crippen LogP contribution in [0, 0.1) is 5.92 Å². The van der Waals surface area contributed by atoms with Crippen LogP contribution in [0.2, 0.25) is 0 Å². The molecule has 1 aromatic rings. The first-order valence-electron chi connectivity index (χ1n) is 8.56. The summed E-state index contributed by atoms with van der Waals surface area (Å²) < 4.78 is 1.00. The number of amides is 2. The summed E-state index contributed by atoms with van der Waals surface area (Å²) in [6, 6.07) is 7.83. The van der Waals surface area contributed by atoms with Crippen LogP contribution in [0.25, 0.3) is 0 Å². The summed E-state index contributed by atoms with van der Waals surface area (Å²) >= 11 is 3.44. The summed E-state index contributed by atoms with van der Waals surface area (Å²) in [7, 11) is 0. The minimum absolute atomic E-state index is 0.0198. The van der Waals surface area contributed by atoms with Crippen LogP contribution in [0.15, 0.2) is 28.7 Å². The zero-order chi connectivity index (χ0) is 16.8. The average molecular weight is 393 g/mol. The molecule has 2 saturated heterocycles. The fourth-order valence-corrected chi connectivity index (χ4v) is 4.53. The van der Waals surface area contributed by atoms with Crippen molar-refractivity contribution in [3.8, 4) is 0 Å². The van der Waals surface area contributed by atoms with Gasteiger partial charge in [-0.05, 0) is 30.5 Å². The third kappa shape index (κ3) is 2.47. The fraction of sp³-hybridized carbons (Fsp3) is 0.556. The second kappa shape index (κ2) is 6.15. The number of rotatable bonds is 3. The lowest BCUT2D eigenvalue weighted by Crippen LogP contribution is -2.73. The zero-order valence-corrected chi connectivity index (χ0v) is 15.0. The molecule has 3 atom stereocenters. The maximum Gasteiger partial charge on any atom is 0.242 e. The van der Waals surface area contributed by atoms with E-state index in [0.29, 0.717) is 6.54 Å². The van der Waals surface area contributed by atoms with Crippen LogP contribution in [0.1, 0.15) is 30.7 Å². The lowest BCUT2D eigenvalue weighted by Gasteiger charge is -2.59. The monoisotopic (exact) mass is 392 g/mol. The number of halogens is 1. The van der Waals surface area contributed by atoms with Crippen LogP contribution in [0.5, 0.6) is 0 Å². The van der Waals surface area contributed by atoms with Gasteiger partial charge < -0.3 is 14.9 Å². The van der Waals surface area contributed by atoms with Crippen LogP contribution in [0.3, 0.4) is 0 Å². The van der Waals surface area contributed by atoms with E-state index in [1.165, 1.54) is 0 Å². The molecule has 2 amide bonds. The molecule has 1 saturated carbocycles. The average Bonchev–Trinajstić information content (AvgIpc) is 2.49. The molecule has 3 fully saturated rings. The van der Waals surface area contributed by atoms with E-state index in [-0.39, 0.29) is 48.9 Å². The Kier molecular flexibility index (Phi) is 4.12. The normalized spacial score (nSPS) is 29.8. The van der Waals surface area contributed by atoms with Crippen molar-refractivity contribution in [2.45, 2.75) is 37.3 Å². The molecule has 128 valence electrons. The first-order valence-corrected chi connectivity index (χ1v) is 9.35. The predicted octanol–water partition coefficient (Wildman–Crippen LogP) is 1.75. The third-order valence-electron chi connectivity index (χ3n) is 5.77. The van der Waals surface area contributed by atoms with Crippen molar-refractivity contribution >= 4 is 27.7 Å². The van der Waals surface area contributed by atoms with Gasteiger partial charge in [0.05, 0.1) is 25.2 Å². The molecule has 1 aromatic carbocycles. The molecule has 1 N–H and O–H groups in total. The van der Waals surface area contributed by atoms with Crippen LogP contribution in [0.4, 0.5) is 0 Å². The highest BCUT2D eigenvalue weighted by atomic mass is 79.9. The van der Waals surface area contributed by atoms with Crippen molar-refractivity contribution in [3.63, 3.8) is 0 Å². The molecule has 0 unspecified atom stereocenters. The van der Waals surface area contributed by atoms with E-state index >= 15 is 0 Å². The number of piperazine rings is 1. The zero-order valence-electron chi connectivity index (χ0n) is 13.4. The summed E-state index contributed by atoms with van der Waals surface area (Å²) in [5, 5.41) is 9.76. The molecule has 2 heterocycles. The number of aliphatic hydroxyl groups is 1. The molecule has 4 rings (SSSR count). The SMILES string of the molecule is O=C(C1CCC1)N1CC(=O)N2[C@H](CO)[C@H](c3ccc(Br)cc3)[C@H]2C1. The Labute approximate surface area is 149 Å². The smallest absolute Gasteiger partial charge is 0.242 e. The van der Waals surface area contributed by atoms with Crippen LogP contribution >= 0.6 is 15.9 Å². The van der Waals surface area contributed by atoms with Crippen molar-refractivity contribution < 1.29 is 14.7 Å². The fourth-order valence-electron chi connectivity index (χ4n) is 4.27. The molecule has 0 bridgehead atoms. The van der Waals surface area contributed by atoms with E-state index in [1.54, 1.807) is 9.80 Å². The molecule has 1 aliphatic carbocycles. The van der Waals surface area contributed by atoms with Gasteiger partial charge in [-0.25, -0.2) is 0 Å². The van der Waals surface area contributed by atoms with E-state index in [2.05, 4.69) is 15.9 Å². The molecule has 0 radical (unpaired) electrons. The first-order chi connectivity index (χ1) is 11.6. The van der Waals surface area contributed by atoms with Crippen molar-refractivity contribution in [2.75, 3.05) is 19.7 Å². The van der Waals surface area contributed by atoms with Crippen molar-refractivity contribution in [1.29, 1.82) is 0 Å². The van der Waals surface area contributed by atoms with Crippen LogP contribution in [-0.2, 0) is 9.59 Å². The highest BCUT2D eigenvalue weighted by Gasteiger charge is 2.54.